The third-order valence-corrected chi connectivity index (χ3v) is 4.22. The van der Waals surface area contributed by atoms with Gasteiger partial charge in [-0.05, 0) is 50.0 Å². The van der Waals surface area contributed by atoms with E-state index in [-0.39, 0.29) is 11.7 Å². The summed E-state index contributed by atoms with van der Waals surface area (Å²) in [5, 5.41) is 10.2. The number of rotatable bonds is 3. The number of allylic oxidation sites excluding steroid dienone is 1. The Labute approximate surface area is 104 Å². The fourth-order valence-corrected chi connectivity index (χ4v) is 3.09. The first-order chi connectivity index (χ1) is 8.29. The monoisotopic (exact) mass is 236 g/mol. The molecule has 2 nitrogen and oxygen atoms in total. The maximum atomic E-state index is 12.2. The van der Waals surface area contributed by atoms with E-state index in [9.17, 15) is 9.90 Å². The number of Topliss-reactive ketones (excluding diaryl/α,β-unsaturated/α-hetero) is 1. The van der Waals surface area contributed by atoms with Crippen molar-refractivity contribution in [3.63, 3.8) is 0 Å². The zero-order chi connectivity index (χ0) is 12.1. The standard InChI is InChI=1S/C15H24O2/c16-14(12-8-4-1-2-5-9-12)15(17)13-10-6-3-7-11-13/h8,13,15,17H,1-7,9-11H2. The Morgan fingerprint density at radius 3 is 2.59 bits per heavy atom. The average Bonchev–Trinajstić information content (AvgIpc) is 2.67. The predicted octanol–water partition coefficient (Wildman–Crippen LogP) is 3.39. The summed E-state index contributed by atoms with van der Waals surface area (Å²) in [5.74, 6) is 0.249. The van der Waals surface area contributed by atoms with E-state index in [0.717, 1.165) is 37.7 Å². The summed E-state index contributed by atoms with van der Waals surface area (Å²) in [7, 11) is 0. The average molecular weight is 236 g/mol. The van der Waals surface area contributed by atoms with Crippen LogP contribution in [-0.2, 0) is 4.79 Å². The summed E-state index contributed by atoms with van der Waals surface area (Å²) in [6, 6.07) is 0. The lowest BCUT2D eigenvalue weighted by Gasteiger charge is -2.26. The van der Waals surface area contributed by atoms with Crippen LogP contribution in [0.25, 0.3) is 0 Å². The van der Waals surface area contributed by atoms with Gasteiger partial charge in [0.2, 0.25) is 0 Å². The predicted molar refractivity (Wildman–Crippen MR) is 68.8 cm³/mol. The number of hydrogen-bond donors (Lipinski definition) is 1. The molecule has 0 saturated heterocycles. The van der Waals surface area contributed by atoms with Gasteiger partial charge >= 0.3 is 0 Å². The summed E-state index contributed by atoms with van der Waals surface area (Å²) >= 11 is 0. The van der Waals surface area contributed by atoms with Gasteiger partial charge in [0.05, 0.1) is 0 Å². The van der Waals surface area contributed by atoms with Gasteiger partial charge in [0.15, 0.2) is 5.78 Å². The maximum absolute atomic E-state index is 12.2. The van der Waals surface area contributed by atoms with E-state index in [1.165, 1.54) is 32.1 Å². The van der Waals surface area contributed by atoms with Crippen molar-refractivity contribution in [2.24, 2.45) is 5.92 Å². The van der Waals surface area contributed by atoms with Crippen LogP contribution in [0.1, 0.15) is 64.2 Å². The summed E-state index contributed by atoms with van der Waals surface area (Å²) in [6.45, 7) is 0. The van der Waals surface area contributed by atoms with Crippen LogP contribution in [0.2, 0.25) is 0 Å². The Hall–Kier alpha value is -0.630. The second-order valence-electron chi connectivity index (χ2n) is 5.54. The van der Waals surface area contributed by atoms with Gasteiger partial charge in [-0.15, -0.1) is 0 Å². The molecule has 0 bridgehead atoms. The lowest BCUT2D eigenvalue weighted by atomic mass is 9.82. The van der Waals surface area contributed by atoms with E-state index in [2.05, 4.69) is 6.08 Å². The summed E-state index contributed by atoms with van der Waals surface area (Å²) < 4.78 is 0. The van der Waals surface area contributed by atoms with E-state index in [1.54, 1.807) is 0 Å². The van der Waals surface area contributed by atoms with E-state index >= 15 is 0 Å². The highest BCUT2D eigenvalue weighted by atomic mass is 16.3. The molecule has 2 aliphatic carbocycles. The number of aliphatic hydroxyl groups excluding tert-OH is 1. The van der Waals surface area contributed by atoms with Crippen LogP contribution in [0, 0.1) is 5.92 Å². The highest BCUT2D eigenvalue weighted by Crippen LogP contribution is 2.29. The molecular weight excluding hydrogens is 212 g/mol. The molecule has 17 heavy (non-hydrogen) atoms. The molecule has 0 aromatic carbocycles. The first kappa shape index (κ1) is 12.8. The van der Waals surface area contributed by atoms with Crippen molar-refractivity contribution in [3.05, 3.63) is 11.6 Å². The van der Waals surface area contributed by atoms with Crippen molar-refractivity contribution in [2.75, 3.05) is 0 Å². The minimum atomic E-state index is -0.723. The number of hydrogen-bond acceptors (Lipinski definition) is 2. The summed E-state index contributed by atoms with van der Waals surface area (Å²) in [6.07, 6.45) is 12.4. The summed E-state index contributed by atoms with van der Waals surface area (Å²) in [4.78, 5) is 12.2. The molecule has 1 N–H and O–H groups in total. The van der Waals surface area contributed by atoms with Gasteiger partial charge in [-0.25, -0.2) is 0 Å². The van der Waals surface area contributed by atoms with Crippen LogP contribution < -0.4 is 0 Å². The van der Waals surface area contributed by atoms with Crippen LogP contribution in [0.5, 0.6) is 0 Å². The molecule has 0 amide bonds. The second kappa shape index (κ2) is 6.34. The van der Waals surface area contributed by atoms with Gasteiger partial charge in [-0.1, -0.05) is 31.8 Å². The van der Waals surface area contributed by atoms with Crippen LogP contribution in [0.15, 0.2) is 11.6 Å². The molecule has 0 radical (unpaired) electrons. The van der Waals surface area contributed by atoms with Gasteiger partial charge in [0.25, 0.3) is 0 Å². The van der Waals surface area contributed by atoms with Crippen molar-refractivity contribution in [1.82, 2.24) is 0 Å². The van der Waals surface area contributed by atoms with Crippen molar-refractivity contribution in [2.45, 2.75) is 70.3 Å². The molecule has 2 aliphatic rings. The third kappa shape index (κ3) is 3.41. The van der Waals surface area contributed by atoms with Crippen molar-refractivity contribution < 1.29 is 9.90 Å². The first-order valence-corrected chi connectivity index (χ1v) is 7.20. The topological polar surface area (TPSA) is 37.3 Å². The third-order valence-electron chi connectivity index (χ3n) is 4.22. The smallest absolute Gasteiger partial charge is 0.187 e. The molecule has 96 valence electrons. The van der Waals surface area contributed by atoms with Crippen molar-refractivity contribution in [1.29, 1.82) is 0 Å². The second-order valence-corrected chi connectivity index (χ2v) is 5.54. The molecule has 1 saturated carbocycles. The molecular formula is C15H24O2. The molecule has 0 aromatic rings. The minimum absolute atomic E-state index is 0.0267. The lowest BCUT2D eigenvalue weighted by molar-refractivity contribution is -0.126. The molecule has 0 heterocycles. The van der Waals surface area contributed by atoms with E-state index in [0.29, 0.717) is 0 Å². The van der Waals surface area contributed by atoms with Gasteiger partial charge in [-0.2, -0.15) is 0 Å². The Morgan fingerprint density at radius 2 is 1.82 bits per heavy atom. The van der Waals surface area contributed by atoms with Crippen molar-refractivity contribution >= 4 is 5.78 Å². The quantitative estimate of drug-likeness (QED) is 0.815. The maximum Gasteiger partial charge on any atom is 0.187 e. The largest absolute Gasteiger partial charge is 0.385 e. The zero-order valence-electron chi connectivity index (χ0n) is 10.7. The van der Waals surface area contributed by atoms with Gasteiger partial charge < -0.3 is 5.11 Å². The highest BCUT2D eigenvalue weighted by Gasteiger charge is 2.29. The number of aliphatic hydroxyl groups is 1. The van der Waals surface area contributed by atoms with Gasteiger partial charge in [0, 0.05) is 0 Å². The van der Waals surface area contributed by atoms with Gasteiger partial charge in [-0.3, -0.25) is 4.79 Å². The highest BCUT2D eigenvalue weighted by molar-refractivity contribution is 5.98. The van der Waals surface area contributed by atoms with E-state index in [4.69, 9.17) is 0 Å². The Kier molecular flexibility index (Phi) is 4.78. The lowest BCUT2D eigenvalue weighted by Crippen LogP contribution is -2.32. The first-order valence-electron chi connectivity index (χ1n) is 7.20. The molecule has 0 spiro atoms. The van der Waals surface area contributed by atoms with E-state index in [1.807, 2.05) is 0 Å². The Balaban J connectivity index is 1.95. The van der Waals surface area contributed by atoms with Crippen molar-refractivity contribution in [3.8, 4) is 0 Å². The molecule has 1 fully saturated rings. The zero-order valence-corrected chi connectivity index (χ0v) is 10.7. The number of carbonyl (C=O) groups excluding carboxylic acids is 1. The Bertz CT molecular complexity index is 287. The molecule has 0 aromatic heterocycles. The molecule has 0 aliphatic heterocycles. The van der Waals surface area contributed by atoms with Crippen LogP contribution >= 0.6 is 0 Å². The SMILES string of the molecule is O=C(C1=CCCCCC1)C(O)C1CCCCC1. The number of ketones is 1. The molecule has 1 unspecified atom stereocenters. The summed E-state index contributed by atoms with van der Waals surface area (Å²) in [5.41, 5.74) is 0.903. The molecule has 1 atom stereocenters. The molecule has 2 rings (SSSR count). The Morgan fingerprint density at radius 1 is 1.12 bits per heavy atom. The fourth-order valence-electron chi connectivity index (χ4n) is 3.09. The van der Waals surface area contributed by atoms with Crippen LogP contribution in [0.4, 0.5) is 0 Å². The fraction of sp³-hybridized carbons (Fsp3) is 0.800. The molecule has 2 heteroatoms. The van der Waals surface area contributed by atoms with Crippen LogP contribution in [0.3, 0.4) is 0 Å². The normalized spacial score (nSPS) is 24.9. The minimum Gasteiger partial charge on any atom is -0.385 e. The number of carbonyl (C=O) groups is 1. The van der Waals surface area contributed by atoms with E-state index < -0.39 is 6.10 Å². The van der Waals surface area contributed by atoms with Crippen LogP contribution in [-0.4, -0.2) is 17.0 Å². The van der Waals surface area contributed by atoms with Gasteiger partial charge in [0.1, 0.15) is 6.10 Å².